The first kappa shape index (κ1) is 26.4. The van der Waals surface area contributed by atoms with Gasteiger partial charge in [-0.3, -0.25) is 4.79 Å². The van der Waals surface area contributed by atoms with Crippen molar-refractivity contribution in [3.63, 3.8) is 0 Å². The van der Waals surface area contributed by atoms with Crippen LogP contribution in [0.4, 0.5) is 26.3 Å². The van der Waals surface area contributed by atoms with E-state index in [4.69, 9.17) is 0 Å². The Hall–Kier alpha value is -2.81. The van der Waals surface area contributed by atoms with Crippen LogP contribution in [0, 0.1) is 0 Å². The maximum absolute atomic E-state index is 12.7. The molecule has 0 saturated heterocycles. The van der Waals surface area contributed by atoms with Gasteiger partial charge in [0.2, 0.25) is 9.84 Å². The molecule has 1 amide bonds. The Bertz CT molecular complexity index is 1210. The number of halogens is 6. The van der Waals surface area contributed by atoms with Gasteiger partial charge in [0.25, 0.3) is 0 Å². The van der Waals surface area contributed by atoms with Gasteiger partial charge in [0.05, 0.1) is 9.79 Å². The molecule has 0 aliphatic carbocycles. The number of carbonyl (C=O) groups is 1. The maximum Gasteiger partial charge on any atom is 0.534 e. The summed E-state index contributed by atoms with van der Waals surface area (Å²) in [6.45, 7) is 1.33. The first-order valence-electron chi connectivity index (χ1n) is 8.76. The molecule has 0 unspecified atom stereocenters. The van der Waals surface area contributed by atoms with Crippen LogP contribution >= 0.6 is 0 Å². The maximum atomic E-state index is 12.7. The molecule has 0 aliphatic heterocycles. The molecule has 0 aliphatic rings. The molecule has 1 atom stereocenters. The van der Waals surface area contributed by atoms with Crippen LogP contribution in [0.3, 0.4) is 0 Å². The van der Waals surface area contributed by atoms with Crippen molar-refractivity contribution < 1.29 is 52.2 Å². The van der Waals surface area contributed by atoms with Gasteiger partial charge in [0.1, 0.15) is 5.75 Å². The van der Waals surface area contributed by atoms with Crippen molar-refractivity contribution in [2.75, 3.05) is 0 Å². The van der Waals surface area contributed by atoms with Crippen LogP contribution in [0.1, 0.15) is 12.5 Å². The number of amides is 1. The first-order chi connectivity index (χ1) is 14.9. The molecule has 0 heterocycles. The monoisotopic (exact) mass is 519 g/mol. The standard InChI is InChI=1S/C18H15F6NO6S2/c1-11(25-16(26)17(19,20)21)10-12-2-6-14(7-3-12)32(27,28)15-8-4-13(5-9-15)31-33(29,30)18(22,23)24/h2-9,11H,10H2,1H3,(H,25,26)/t11-/m1/s1. The van der Waals surface area contributed by atoms with E-state index in [1.807, 2.05) is 0 Å². The molecule has 33 heavy (non-hydrogen) atoms. The van der Waals surface area contributed by atoms with Crippen LogP contribution in [0.2, 0.25) is 0 Å². The molecule has 0 radical (unpaired) electrons. The van der Waals surface area contributed by atoms with E-state index in [9.17, 15) is 48.0 Å². The Balaban J connectivity index is 2.13. The Morgan fingerprint density at radius 2 is 1.33 bits per heavy atom. The van der Waals surface area contributed by atoms with E-state index in [1.54, 1.807) is 5.32 Å². The number of hydrogen-bond donors (Lipinski definition) is 1. The molecular formula is C18H15F6NO6S2. The van der Waals surface area contributed by atoms with Gasteiger partial charge >= 0.3 is 27.7 Å². The molecule has 2 rings (SSSR count). The van der Waals surface area contributed by atoms with Gasteiger partial charge in [-0.25, -0.2) is 8.42 Å². The van der Waals surface area contributed by atoms with Crippen molar-refractivity contribution in [1.82, 2.24) is 5.32 Å². The van der Waals surface area contributed by atoms with Crippen molar-refractivity contribution in [2.24, 2.45) is 0 Å². The lowest BCUT2D eigenvalue weighted by Gasteiger charge is -2.15. The summed E-state index contributed by atoms with van der Waals surface area (Å²) in [7, 11) is -10.1. The number of alkyl halides is 6. The predicted molar refractivity (Wildman–Crippen MR) is 101 cm³/mol. The third-order valence-electron chi connectivity index (χ3n) is 4.03. The Morgan fingerprint density at radius 1 is 0.879 bits per heavy atom. The molecule has 1 N–H and O–H groups in total. The molecule has 0 spiro atoms. The molecular weight excluding hydrogens is 504 g/mol. The Kier molecular flexibility index (Phi) is 7.38. The van der Waals surface area contributed by atoms with Crippen molar-refractivity contribution in [3.05, 3.63) is 54.1 Å². The number of sulfone groups is 1. The molecule has 15 heteroatoms. The van der Waals surface area contributed by atoms with Crippen LogP contribution in [-0.2, 0) is 31.2 Å². The average molecular weight is 519 g/mol. The molecule has 0 saturated carbocycles. The van der Waals surface area contributed by atoms with Gasteiger partial charge in [-0.2, -0.15) is 34.8 Å². The molecule has 0 bridgehead atoms. The number of benzene rings is 2. The highest BCUT2D eigenvalue weighted by Gasteiger charge is 2.48. The lowest BCUT2D eigenvalue weighted by atomic mass is 10.1. The van der Waals surface area contributed by atoms with Crippen LogP contribution in [0.15, 0.2) is 58.3 Å². The Labute approximate surface area is 184 Å². The highest BCUT2D eigenvalue weighted by Crippen LogP contribution is 2.29. The fourth-order valence-corrected chi connectivity index (χ4v) is 4.22. The van der Waals surface area contributed by atoms with Crippen LogP contribution in [-0.4, -0.2) is 40.5 Å². The van der Waals surface area contributed by atoms with E-state index in [0.717, 1.165) is 36.4 Å². The van der Waals surface area contributed by atoms with Crippen LogP contribution < -0.4 is 9.50 Å². The highest BCUT2D eigenvalue weighted by atomic mass is 32.2. The second kappa shape index (κ2) is 9.21. The normalized spacial score (nSPS) is 13.9. The molecule has 2 aromatic rings. The van der Waals surface area contributed by atoms with Gasteiger partial charge < -0.3 is 9.50 Å². The number of rotatable bonds is 7. The van der Waals surface area contributed by atoms with Gasteiger partial charge in [-0.15, -0.1) is 0 Å². The minimum absolute atomic E-state index is 0.0259. The van der Waals surface area contributed by atoms with E-state index in [0.29, 0.717) is 5.56 Å². The summed E-state index contributed by atoms with van der Waals surface area (Å²) in [5, 5.41) is 1.76. The van der Waals surface area contributed by atoms with Crippen molar-refractivity contribution >= 4 is 25.9 Å². The number of hydrogen-bond acceptors (Lipinski definition) is 6. The van der Waals surface area contributed by atoms with Gasteiger partial charge in [0.15, 0.2) is 0 Å². The summed E-state index contributed by atoms with van der Waals surface area (Å²) >= 11 is 0. The molecule has 0 aromatic heterocycles. The van der Waals surface area contributed by atoms with E-state index in [-0.39, 0.29) is 16.2 Å². The number of carbonyl (C=O) groups excluding carboxylic acids is 1. The Morgan fingerprint density at radius 3 is 1.76 bits per heavy atom. The summed E-state index contributed by atoms with van der Waals surface area (Å²) in [5.74, 6) is -2.86. The van der Waals surface area contributed by atoms with Crippen molar-refractivity contribution in [3.8, 4) is 5.75 Å². The van der Waals surface area contributed by atoms with E-state index < -0.39 is 49.3 Å². The zero-order chi connectivity index (χ0) is 25.2. The second-order valence-corrected chi connectivity index (χ2v) is 10.2. The van der Waals surface area contributed by atoms with E-state index in [1.165, 1.54) is 19.1 Å². The lowest BCUT2D eigenvalue weighted by molar-refractivity contribution is -0.174. The predicted octanol–water partition coefficient (Wildman–Crippen LogP) is 3.36. The minimum Gasteiger partial charge on any atom is -0.376 e. The molecule has 7 nitrogen and oxygen atoms in total. The smallest absolute Gasteiger partial charge is 0.376 e. The van der Waals surface area contributed by atoms with Crippen LogP contribution in [0.5, 0.6) is 5.75 Å². The zero-order valence-corrected chi connectivity index (χ0v) is 18.1. The SMILES string of the molecule is C[C@H](Cc1ccc(S(=O)(=O)c2ccc(OS(=O)(=O)C(F)(F)F)cc2)cc1)NC(=O)C(F)(F)F. The van der Waals surface area contributed by atoms with Crippen molar-refractivity contribution in [2.45, 2.75) is 40.9 Å². The minimum atomic E-state index is -5.92. The summed E-state index contributed by atoms with van der Waals surface area (Å²) in [6.07, 6.45) is -5.06. The zero-order valence-electron chi connectivity index (χ0n) is 16.4. The van der Waals surface area contributed by atoms with Gasteiger partial charge in [0, 0.05) is 6.04 Å². The summed E-state index contributed by atoms with van der Waals surface area (Å²) < 4.78 is 125. The lowest BCUT2D eigenvalue weighted by Crippen LogP contribution is -2.42. The topological polar surface area (TPSA) is 107 Å². The third kappa shape index (κ3) is 6.60. The summed E-state index contributed by atoms with van der Waals surface area (Å²) in [4.78, 5) is 10.3. The summed E-state index contributed by atoms with van der Waals surface area (Å²) in [6, 6.07) is 7.20. The van der Waals surface area contributed by atoms with Crippen LogP contribution in [0.25, 0.3) is 0 Å². The van der Waals surface area contributed by atoms with E-state index in [2.05, 4.69) is 4.18 Å². The average Bonchev–Trinajstić information content (AvgIpc) is 2.67. The second-order valence-electron chi connectivity index (χ2n) is 6.68. The largest absolute Gasteiger partial charge is 0.534 e. The molecule has 2 aromatic carbocycles. The van der Waals surface area contributed by atoms with E-state index >= 15 is 0 Å². The molecule has 0 fully saturated rings. The number of nitrogens with one attached hydrogen (secondary N) is 1. The van der Waals surface area contributed by atoms with Gasteiger partial charge in [-0.05, 0) is 55.3 Å². The van der Waals surface area contributed by atoms with Gasteiger partial charge in [-0.1, -0.05) is 12.1 Å². The van der Waals surface area contributed by atoms with Crippen molar-refractivity contribution in [1.29, 1.82) is 0 Å². The fraction of sp³-hybridized carbons (Fsp3) is 0.278. The third-order valence-corrected chi connectivity index (χ3v) is 6.80. The summed E-state index contributed by atoms with van der Waals surface area (Å²) in [5.41, 5.74) is -5.24. The first-order valence-corrected chi connectivity index (χ1v) is 11.6. The fourth-order valence-electron chi connectivity index (χ4n) is 2.50. The quantitative estimate of drug-likeness (QED) is 0.342. The highest BCUT2D eigenvalue weighted by molar-refractivity contribution is 7.91. The molecule has 182 valence electrons.